The largest absolute Gasteiger partial charge is 0.322 e. The third-order valence-corrected chi connectivity index (χ3v) is 6.24. The first-order valence-electron chi connectivity index (χ1n) is 9.10. The molecule has 0 spiro atoms. The summed E-state index contributed by atoms with van der Waals surface area (Å²) in [6.45, 7) is 0. The van der Waals surface area contributed by atoms with Gasteiger partial charge in [-0.1, -0.05) is 54.1 Å². The Morgan fingerprint density at radius 1 is 0.733 bits per heavy atom. The van der Waals surface area contributed by atoms with E-state index in [2.05, 4.69) is 10.0 Å². The molecule has 0 radical (unpaired) electrons. The number of sulfonamides is 1. The molecular weight excluding hydrogens is 420 g/mol. The van der Waals surface area contributed by atoms with Crippen molar-refractivity contribution < 1.29 is 13.2 Å². The van der Waals surface area contributed by atoms with Gasteiger partial charge in [-0.3, -0.25) is 9.52 Å². The minimum Gasteiger partial charge on any atom is -0.322 e. The zero-order valence-corrected chi connectivity index (χ0v) is 17.2. The molecule has 0 atom stereocenters. The van der Waals surface area contributed by atoms with Crippen molar-refractivity contribution in [1.29, 1.82) is 0 Å². The van der Waals surface area contributed by atoms with Crippen molar-refractivity contribution in [3.8, 4) is 0 Å². The van der Waals surface area contributed by atoms with Crippen molar-refractivity contribution in [2.75, 3.05) is 10.0 Å². The summed E-state index contributed by atoms with van der Waals surface area (Å²) in [6.07, 6.45) is 0. The molecule has 30 heavy (non-hydrogen) atoms. The second kappa shape index (κ2) is 8.18. The number of halogens is 1. The Hall–Kier alpha value is -3.35. The molecule has 0 aliphatic rings. The minimum absolute atomic E-state index is 0.0908. The average Bonchev–Trinajstić information content (AvgIpc) is 2.74. The lowest BCUT2D eigenvalue weighted by Gasteiger charge is -2.10. The summed E-state index contributed by atoms with van der Waals surface area (Å²) in [5.41, 5.74) is 1.28. The van der Waals surface area contributed by atoms with Gasteiger partial charge in [-0.05, 0) is 59.3 Å². The summed E-state index contributed by atoms with van der Waals surface area (Å²) < 4.78 is 27.5. The van der Waals surface area contributed by atoms with E-state index in [4.69, 9.17) is 11.6 Å². The van der Waals surface area contributed by atoms with Crippen molar-refractivity contribution in [2.45, 2.75) is 4.90 Å². The Balaban J connectivity index is 1.52. The van der Waals surface area contributed by atoms with Gasteiger partial charge >= 0.3 is 0 Å². The number of nitrogens with one attached hydrogen (secondary N) is 2. The predicted molar refractivity (Wildman–Crippen MR) is 121 cm³/mol. The fraction of sp³-hybridized carbons (Fsp3) is 0. The maximum Gasteiger partial charge on any atom is 0.261 e. The minimum atomic E-state index is -3.73. The molecule has 0 aliphatic carbocycles. The normalized spacial score (nSPS) is 11.2. The van der Waals surface area contributed by atoms with Gasteiger partial charge in [0.1, 0.15) is 0 Å². The van der Waals surface area contributed by atoms with Gasteiger partial charge in [-0.2, -0.15) is 0 Å². The van der Waals surface area contributed by atoms with Crippen LogP contribution in [0.3, 0.4) is 0 Å². The topological polar surface area (TPSA) is 75.3 Å². The van der Waals surface area contributed by atoms with Crippen LogP contribution < -0.4 is 10.0 Å². The lowest BCUT2D eigenvalue weighted by Crippen LogP contribution is -2.14. The molecule has 1 amide bonds. The quantitative estimate of drug-likeness (QED) is 0.431. The highest BCUT2D eigenvalue weighted by molar-refractivity contribution is 7.92. The molecule has 0 heterocycles. The summed E-state index contributed by atoms with van der Waals surface area (Å²) in [7, 11) is -3.73. The zero-order chi connectivity index (χ0) is 21.1. The van der Waals surface area contributed by atoms with E-state index in [9.17, 15) is 13.2 Å². The van der Waals surface area contributed by atoms with Crippen molar-refractivity contribution in [3.05, 3.63) is 102 Å². The van der Waals surface area contributed by atoms with Crippen LogP contribution in [0.1, 0.15) is 10.4 Å². The molecule has 0 bridgehead atoms. The summed E-state index contributed by atoms with van der Waals surface area (Å²) in [5.74, 6) is -0.372. The first-order chi connectivity index (χ1) is 14.4. The SMILES string of the molecule is O=C(Nc1ccc(S(=O)(=O)Nc2ccccc2)cc1)c1cc2ccccc2cc1Cl. The maximum atomic E-state index is 12.7. The molecular formula is C23H17ClN2O3S. The Morgan fingerprint density at radius 3 is 2.00 bits per heavy atom. The molecule has 0 fully saturated rings. The van der Waals surface area contributed by atoms with Gasteiger partial charge in [-0.15, -0.1) is 0 Å². The molecule has 2 N–H and O–H groups in total. The summed E-state index contributed by atoms with van der Waals surface area (Å²) in [5, 5.41) is 4.95. The van der Waals surface area contributed by atoms with E-state index < -0.39 is 10.0 Å². The van der Waals surface area contributed by atoms with Crippen molar-refractivity contribution in [3.63, 3.8) is 0 Å². The zero-order valence-electron chi connectivity index (χ0n) is 15.7. The lowest BCUT2D eigenvalue weighted by molar-refractivity contribution is 0.102. The van der Waals surface area contributed by atoms with E-state index in [1.165, 1.54) is 24.3 Å². The van der Waals surface area contributed by atoms with Crippen LogP contribution in [0.2, 0.25) is 5.02 Å². The van der Waals surface area contributed by atoms with Crippen LogP contribution in [0.15, 0.2) is 95.9 Å². The number of benzene rings is 4. The van der Waals surface area contributed by atoms with Crippen LogP contribution in [-0.2, 0) is 10.0 Å². The fourth-order valence-corrected chi connectivity index (χ4v) is 4.34. The molecule has 0 aromatic heterocycles. The highest BCUT2D eigenvalue weighted by Crippen LogP contribution is 2.25. The number of para-hydroxylation sites is 1. The highest BCUT2D eigenvalue weighted by Gasteiger charge is 2.15. The molecule has 7 heteroatoms. The second-order valence-corrected chi connectivity index (χ2v) is 8.72. The molecule has 5 nitrogen and oxygen atoms in total. The van der Waals surface area contributed by atoms with Crippen LogP contribution in [0.25, 0.3) is 10.8 Å². The van der Waals surface area contributed by atoms with Crippen molar-refractivity contribution in [2.24, 2.45) is 0 Å². The molecule has 4 rings (SSSR count). The maximum absolute atomic E-state index is 12.7. The number of carbonyl (C=O) groups is 1. The predicted octanol–water partition coefficient (Wildman–Crippen LogP) is 5.55. The number of hydrogen-bond acceptors (Lipinski definition) is 3. The van der Waals surface area contributed by atoms with Gasteiger partial charge in [0.25, 0.3) is 15.9 Å². The molecule has 150 valence electrons. The van der Waals surface area contributed by atoms with Gasteiger partial charge in [-0.25, -0.2) is 8.42 Å². The summed E-state index contributed by atoms with van der Waals surface area (Å²) in [4.78, 5) is 12.8. The van der Waals surface area contributed by atoms with Gasteiger partial charge in [0, 0.05) is 11.4 Å². The van der Waals surface area contributed by atoms with E-state index in [1.54, 1.807) is 42.5 Å². The van der Waals surface area contributed by atoms with Crippen LogP contribution >= 0.6 is 11.6 Å². The van der Waals surface area contributed by atoms with E-state index in [0.717, 1.165) is 10.8 Å². The molecule has 0 saturated carbocycles. The summed E-state index contributed by atoms with van der Waals surface area (Å²) >= 11 is 6.28. The van der Waals surface area contributed by atoms with Crippen LogP contribution in [0.5, 0.6) is 0 Å². The molecule has 0 saturated heterocycles. The van der Waals surface area contributed by atoms with E-state index in [-0.39, 0.29) is 10.8 Å². The number of rotatable bonds is 5. The van der Waals surface area contributed by atoms with Gasteiger partial charge in [0.15, 0.2) is 0 Å². The monoisotopic (exact) mass is 436 g/mol. The van der Waals surface area contributed by atoms with Crippen molar-refractivity contribution >= 4 is 49.7 Å². The third kappa shape index (κ3) is 4.30. The van der Waals surface area contributed by atoms with E-state index >= 15 is 0 Å². The molecule has 4 aromatic rings. The Labute approximate surface area is 179 Å². The van der Waals surface area contributed by atoms with E-state index in [0.29, 0.717) is 22.0 Å². The number of amides is 1. The van der Waals surface area contributed by atoms with Gasteiger partial charge in [0.05, 0.1) is 15.5 Å². The third-order valence-electron chi connectivity index (χ3n) is 4.53. The first-order valence-corrected chi connectivity index (χ1v) is 11.0. The van der Waals surface area contributed by atoms with Gasteiger partial charge < -0.3 is 5.32 Å². The Kier molecular flexibility index (Phi) is 5.44. The van der Waals surface area contributed by atoms with Crippen LogP contribution in [0, 0.1) is 0 Å². The average molecular weight is 437 g/mol. The second-order valence-electron chi connectivity index (χ2n) is 6.63. The molecule has 4 aromatic carbocycles. The van der Waals surface area contributed by atoms with Crippen LogP contribution in [0.4, 0.5) is 11.4 Å². The van der Waals surface area contributed by atoms with E-state index in [1.807, 2.05) is 24.3 Å². The number of hydrogen-bond donors (Lipinski definition) is 2. The molecule has 0 unspecified atom stereocenters. The lowest BCUT2D eigenvalue weighted by atomic mass is 10.1. The molecule has 0 aliphatic heterocycles. The Bertz CT molecular complexity index is 1320. The number of anilines is 2. The fourth-order valence-electron chi connectivity index (χ4n) is 3.02. The number of fused-ring (bicyclic) bond motifs is 1. The van der Waals surface area contributed by atoms with Crippen LogP contribution in [-0.4, -0.2) is 14.3 Å². The number of carbonyl (C=O) groups excluding carboxylic acids is 1. The van der Waals surface area contributed by atoms with Crippen molar-refractivity contribution in [1.82, 2.24) is 0 Å². The standard InChI is InChI=1S/C23H17ClN2O3S/c24-22-15-17-7-5-4-6-16(17)14-21(22)23(27)25-18-10-12-20(13-11-18)30(28,29)26-19-8-2-1-3-9-19/h1-15,26H,(H,25,27). The Morgan fingerprint density at radius 2 is 1.33 bits per heavy atom. The summed E-state index contributed by atoms with van der Waals surface area (Å²) in [6, 6.07) is 25.7. The smallest absolute Gasteiger partial charge is 0.261 e. The highest BCUT2D eigenvalue weighted by atomic mass is 35.5. The van der Waals surface area contributed by atoms with Gasteiger partial charge in [0.2, 0.25) is 0 Å². The first kappa shape index (κ1) is 19.9.